The van der Waals surface area contributed by atoms with Crippen LogP contribution in [0.15, 0.2) is 109 Å². The van der Waals surface area contributed by atoms with Crippen molar-refractivity contribution in [1.82, 2.24) is 30.0 Å². The molecule has 6 aromatic rings. The van der Waals surface area contributed by atoms with Crippen molar-refractivity contribution in [3.63, 3.8) is 0 Å². The molecule has 2 atom stereocenters. The third-order valence-electron chi connectivity index (χ3n) is 9.37. The normalized spacial score (nSPS) is 15.0. The van der Waals surface area contributed by atoms with E-state index in [4.69, 9.17) is 19.3 Å². The summed E-state index contributed by atoms with van der Waals surface area (Å²) in [6, 6.07) is 31.4. The summed E-state index contributed by atoms with van der Waals surface area (Å²) >= 11 is 0. The van der Waals surface area contributed by atoms with Crippen LogP contribution >= 0.6 is 0 Å². The highest BCUT2D eigenvalue weighted by Crippen LogP contribution is 2.34. The highest BCUT2D eigenvalue weighted by Gasteiger charge is 2.27. The number of urea groups is 1. The molecular weight excluding hydrogens is 711 g/mol. The number of hydrogen-bond acceptors (Lipinski definition) is 10. The average molecular weight is 756 g/mol. The molecule has 1 fully saturated rings. The number of nitrogens with one attached hydrogen (secondary N) is 4. The van der Waals surface area contributed by atoms with Crippen LogP contribution in [0.5, 0.6) is 11.6 Å². The number of morpholine rings is 1. The predicted octanol–water partition coefficient (Wildman–Crippen LogP) is 7.16. The lowest BCUT2D eigenvalue weighted by Crippen LogP contribution is -2.55. The van der Waals surface area contributed by atoms with Crippen LogP contribution in [-0.2, 0) is 9.47 Å². The molecule has 0 aliphatic carbocycles. The van der Waals surface area contributed by atoms with Gasteiger partial charge in [0.15, 0.2) is 0 Å². The van der Waals surface area contributed by atoms with Gasteiger partial charge in [0.1, 0.15) is 36.1 Å². The molecule has 14 nitrogen and oxygen atoms in total. The molecule has 0 spiro atoms. The van der Waals surface area contributed by atoms with Crippen molar-refractivity contribution >= 4 is 40.0 Å². The first-order chi connectivity index (χ1) is 27.2. The number of nitrogens with zero attached hydrogens (tertiary/aromatic N) is 5. The minimum absolute atomic E-state index is 0.171. The second kappa shape index (κ2) is 17.4. The Kier molecular flexibility index (Phi) is 11.8. The summed E-state index contributed by atoms with van der Waals surface area (Å²) in [5, 5.41) is 18.7. The van der Waals surface area contributed by atoms with Crippen LogP contribution in [0.2, 0.25) is 0 Å². The number of aromatic nitrogens is 4. The molecule has 7 rings (SSSR count). The van der Waals surface area contributed by atoms with Gasteiger partial charge in [-0.1, -0.05) is 74.0 Å². The molecule has 0 radical (unpaired) electrons. The van der Waals surface area contributed by atoms with Gasteiger partial charge < -0.3 is 30.2 Å². The van der Waals surface area contributed by atoms with Gasteiger partial charge in [0.25, 0.3) is 5.91 Å². The van der Waals surface area contributed by atoms with E-state index in [1.54, 1.807) is 42.1 Å². The number of rotatable bonds is 13. The van der Waals surface area contributed by atoms with Gasteiger partial charge in [-0.25, -0.2) is 19.4 Å². The predicted molar refractivity (Wildman–Crippen MR) is 216 cm³/mol. The largest absolute Gasteiger partial charge is 0.438 e. The van der Waals surface area contributed by atoms with Gasteiger partial charge in [-0.2, -0.15) is 5.10 Å². The number of hydrogen-bond donors (Lipinski definition) is 4. The van der Waals surface area contributed by atoms with Gasteiger partial charge in [-0.15, -0.1) is 0 Å². The van der Waals surface area contributed by atoms with Crippen molar-refractivity contribution in [2.45, 2.75) is 39.1 Å². The molecule has 3 amide bonds. The highest BCUT2D eigenvalue weighted by atomic mass is 16.5. The third kappa shape index (κ3) is 9.12. The topological polar surface area (TPSA) is 157 Å². The van der Waals surface area contributed by atoms with Crippen LogP contribution < -0.4 is 26.0 Å². The molecule has 4 aromatic carbocycles. The van der Waals surface area contributed by atoms with Crippen LogP contribution in [0.3, 0.4) is 0 Å². The summed E-state index contributed by atoms with van der Waals surface area (Å²) < 4.78 is 19.3. The molecule has 3 heterocycles. The molecule has 56 heavy (non-hydrogen) atoms. The van der Waals surface area contributed by atoms with E-state index in [0.29, 0.717) is 54.9 Å². The lowest BCUT2D eigenvalue weighted by Gasteiger charge is -2.37. The maximum atomic E-state index is 13.5. The van der Waals surface area contributed by atoms with Crippen molar-refractivity contribution in [3.05, 3.63) is 126 Å². The van der Waals surface area contributed by atoms with Crippen LogP contribution in [-0.4, -0.2) is 82.4 Å². The number of benzene rings is 4. The van der Waals surface area contributed by atoms with E-state index in [0.717, 1.165) is 27.7 Å². The molecule has 1 aliphatic rings. The van der Waals surface area contributed by atoms with Gasteiger partial charge in [0.2, 0.25) is 5.88 Å². The lowest BCUT2D eigenvalue weighted by molar-refractivity contribution is -0.125. The van der Waals surface area contributed by atoms with Gasteiger partial charge >= 0.3 is 6.03 Å². The van der Waals surface area contributed by atoms with Crippen LogP contribution in [0.25, 0.3) is 16.5 Å². The number of carbonyl (C=O) groups is 2. The first kappa shape index (κ1) is 37.9. The SMILES string of the molecule is COC1COCCN1CC(NC(=O)c1ccccc1)Nc1cc(Oc2ccc(NC(=O)Nc3cc(C(C)C)nn3-c3ccc(C)cc3)c3ccccc23)ncn1. The van der Waals surface area contributed by atoms with Gasteiger partial charge in [0.05, 0.1) is 30.3 Å². The molecular formula is C42H45N9O5. The summed E-state index contributed by atoms with van der Waals surface area (Å²) in [7, 11) is 1.64. The molecule has 2 unspecified atom stereocenters. The standard InChI is InChI=1S/C42H45N9O5/c1-27(2)34-22-38(51(49-34)30-16-14-28(3)15-17-30)48-42(53)45-33-18-19-35(32-13-9-8-12-31(32)33)56-39-23-36(43-26-44-39)46-37(24-50-20-21-55-25-40(50)54-4)47-41(52)29-10-6-5-7-11-29/h5-19,22-23,26-27,37,40H,20-21,24-25H2,1-4H3,(H,47,52)(H,43,44,46)(H2,45,48,53). The Balaban J connectivity index is 1.08. The second-order valence-corrected chi connectivity index (χ2v) is 13.7. The van der Waals surface area contributed by atoms with E-state index in [-0.39, 0.29) is 23.9 Å². The van der Waals surface area contributed by atoms with Gasteiger partial charge in [0, 0.05) is 48.7 Å². The Bertz CT molecular complexity index is 2280. The summed E-state index contributed by atoms with van der Waals surface area (Å²) in [6.45, 7) is 8.18. The number of methoxy groups -OCH3 is 1. The van der Waals surface area contributed by atoms with Gasteiger partial charge in [-0.3, -0.25) is 15.0 Å². The summed E-state index contributed by atoms with van der Waals surface area (Å²) in [6.07, 6.45) is 0.586. The lowest BCUT2D eigenvalue weighted by atomic mass is 10.1. The molecule has 1 aliphatic heterocycles. The Morgan fingerprint density at radius 3 is 2.45 bits per heavy atom. The fourth-order valence-corrected chi connectivity index (χ4v) is 6.39. The highest BCUT2D eigenvalue weighted by molar-refractivity contribution is 6.07. The second-order valence-electron chi connectivity index (χ2n) is 13.7. The Morgan fingerprint density at radius 1 is 0.911 bits per heavy atom. The number of ether oxygens (including phenoxy) is 3. The Hall–Kier alpha value is -6.35. The van der Waals surface area contributed by atoms with E-state index in [1.165, 1.54) is 6.33 Å². The molecule has 1 saturated heterocycles. The minimum Gasteiger partial charge on any atom is -0.438 e. The summed E-state index contributed by atoms with van der Waals surface area (Å²) in [5.41, 5.74) is 3.97. The fourth-order valence-electron chi connectivity index (χ4n) is 6.39. The van der Waals surface area contributed by atoms with Crippen molar-refractivity contribution in [1.29, 1.82) is 0 Å². The molecule has 0 bridgehead atoms. The van der Waals surface area contributed by atoms with Crippen molar-refractivity contribution in [2.75, 3.05) is 49.4 Å². The van der Waals surface area contributed by atoms with Crippen molar-refractivity contribution in [2.24, 2.45) is 0 Å². The number of anilines is 3. The molecule has 0 saturated carbocycles. The van der Waals surface area contributed by atoms with Crippen LogP contribution in [0.4, 0.5) is 22.1 Å². The summed E-state index contributed by atoms with van der Waals surface area (Å²) in [5.74, 6) is 1.75. The zero-order valence-electron chi connectivity index (χ0n) is 31.7. The van der Waals surface area contributed by atoms with Crippen molar-refractivity contribution < 1.29 is 23.8 Å². The maximum absolute atomic E-state index is 13.5. The van der Waals surface area contributed by atoms with E-state index in [1.807, 2.05) is 79.7 Å². The quantitative estimate of drug-likeness (QED) is 0.0893. The van der Waals surface area contributed by atoms with E-state index in [9.17, 15) is 9.59 Å². The third-order valence-corrected chi connectivity index (χ3v) is 9.37. The maximum Gasteiger partial charge on any atom is 0.324 e. The zero-order valence-corrected chi connectivity index (χ0v) is 31.7. The molecule has 288 valence electrons. The van der Waals surface area contributed by atoms with E-state index in [2.05, 4.69) is 50.0 Å². The van der Waals surface area contributed by atoms with Gasteiger partial charge in [-0.05, 0) is 49.2 Å². The number of fused-ring (bicyclic) bond motifs is 1. The fraction of sp³-hybridized carbons (Fsp3) is 0.262. The summed E-state index contributed by atoms with van der Waals surface area (Å²) in [4.78, 5) is 37.6. The first-order valence-electron chi connectivity index (χ1n) is 18.5. The number of carbonyl (C=O) groups excluding carboxylic acids is 2. The van der Waals surface area contributed by atoms with Crippen LogP contribution in [0.1, 0.15) is 41.4 Å². The minimum atomic E-state index is -0.550. The average Bonchev–Trinajstić information content (AvgIpc) is 3.63. The van der Waals surface area contributed by atoms with E-state index < -0.39 is 12.2 Å². The monoisotopic (exact) mass is 755 g/mol. The van der Waals surface area contributed by atoms with Crippen molar-refractivity contribution in [3.8, 4) is 17.3 Å². The molecule has 2 aromatic heterocycles. The zero-order chi connectivity index (χ0) is 39.0. The van der Waals surface area contributed by atoms with E-state index >= 15 is 0 Å². The Labute approximate surface area is 325 Å². The molecule has 4 N–H and O–H groups in total. The smallest absolute Gasteiger partial charge is 0.324 e. The first-order valence-corrected chi connectivity index (χ1v) is 18.5. The number of amides is 3. The Morgan fingerprint density at radius 2 is 1.68 bits per heavy atom. The molecule has 14 heteroatoms. The van der Waals surface area contributed by atoms with Crippen LogP contribution in [0, 0.1) is 6.92 Å². The number of aryl methyl sites for hydroxylation is 1.